The number of aliphatic hydroxyl groups excluding tert-OH is 2. The Labute approximate surface area is 65.5 Å². The molecule has 0 spiro atoms. The van der Waals surface area contributed by atoms with Crippen molar-refractivity contribution >= 4 is 7.85 Å². The maximum Gasteiger partial charge on any atom is 0.142 e. The molecule has 0 aromatic carbocycles. The quantitative estimate of drug-likeness (QED) is 0.431. The van der Waals surface area contributed by atoms with Gasteiger partial charge in [0.2, 0.25) is 0 Å². The maximum atomic E-state index is 9.46. The number of fused-ring (bicyclic) bond motifs is 2. The summed E-state index contributed by atoms with van der Waals surface area (Å²) in [6, 6.07) is -0.606. The summed E-state index contributed by atoms with van der Waals surface area (Å²) in [5, 5.41) is 18.4. The van der Waals surface area contributed by atoms with Gasteiger partial charge in [-0.2, -0.15) is 0 Å². The van der Waals surface area contributed by atoms with Crippen LogP contribution in [0.15, 0.2) is 0 Å². The molecule has 2 fully saturated rings. The Hall–Kier alpha value is -0.0951. The molecule has 11 heavy (non-hydrogen) atoms. The fourth-order valence-electron chi connectivity index (χ4n) is 1.61. The van der Waals surface area contributed by atoms with Crippen molar-refractivity contribution in [3.63, 3.8) is 0 Å². The molecule has 60 valence electrons. The Morgan fingerprint density at radius 1 is 1.64 bits per heavy atom. The summed E-state index contributed by atoms with van der Waals surface area (Å²) in [7, 11) is 5.45. The van der Waals surface area contributed by atoms with Gasteiger partial charge in [-0.15, -0.1) is 0 Å². The van der Waals surface area contributed by atoms with E-state index in [-0.39, 0.29) is 13.2 Å². The van der Waals surface area contributed by atoms with Crippen LogP contribution < -0.4 is 0 Å². The molecule has 2 heterocycles. The monoisotopic (exact) mass is 156 g/mol. The highest BCUT2D eigenvalue weighted by atomic mass is 16.6. The molecule has 2 radical (unpaired) electrons. The largest absolute Gasteiger partial charge is 0.393 e. The minimum absolute atomic E-state index is 0.225. The van der Waals surface area contributed by atoms with Crippen LogP contribution in [0.5, 0.6) is 0 Å². The molecule has 2 saturated heterocycles. The van der Waals surface area contributed by atoms with E-state index < -0.39 is 23.8 Å². The zero-order valence-electron chi connectivity index (χ0n) is 5.93. The fraction of sp³-hybridized carbons (Fsp3) is 1.00. The Kier molecular flexibility index (Phi) is 1.51. The van der Waals surface area contributed by atoms with E-state index in [1.54, 1.807) is 0 Å². The highest BCUT2D eigenvalue weighted by Gasteiger charge is 2.58. The van der Waals surface area contributed by atoms with Gasteiger partial charge in [0.15, 0.2) is 0 Å². The number of rotatable bonds is 1. The molecule has 5 heteroatoms. The highest BCUT2D eigenvalue weighted by molar-refractivity contribution is 6.11. The van der Waals surface area contributed by atoms with E-state index >= 15 is 0 Å². The average Bonchev–Trinajstić information content (AvgIpc) is 2.42. The molecule has 2 rings (SSSR count). The summed E-state index contributed by atoms with van der Waals surface area (Å²) < 4.78 is 10.3. The number of aliphatic hydroxyl groups is 2. The van der Waals surface area contributed by atoms with E-state index in [1.807, 2.05) is 0 Å². The van der Waals surface area contributed by atoms with Crippen molar-refractivity contribution in [1.82, 2.24) is 0 Å². The van der Waals surface area contributed by atoms with Crippen LogP contribution in [-0.4, -0.2) is 55.1 Å². The van der Waals surface area contributed by atoms with Crippen molar-refractivity contribution < 1.29 is 19.7 Å². The second kappa shape index (κ2) is 2.20. The first-order valence-electron chi connectivity index (χ1n) is 3.53. The van der Waals surface area contributed by atoms with Gasteiger partial charge in [0.05, 0.1) is 13.2 Å². The van der Waals surface area contributed by atoms with Crippen LogP contribution in [0.3, 0.4) is 0 Å². The van der Waals surface area contributed by atoms with Gasteiger partial charge in [0.1, 0.15) is 25.7 Å². The second-order valence-electron chi connectivity index (χ2n) is 3.03. The molecule has 2 bridgehead atoms. The van der Waals surface area contributed by atoms with E-state index in [0.717, 1.165) is 0 Å². The highest BCUT2D eigenvalue weighted by Crippen LogP contribution is 2.38. The number of hydrogen-bond acceptors (Lipinski definition) is 4. The van der Waals surface area contributed by atoms with Crippen LogP contribution in [-0.2, 0) is 9.47 Å². The van der Waals surface area contributed by atoms with Crippen molar-refractivity contribution in [1.29, 1.82) is 0 Å². The second-order valence-corrected chi connectivity index (χ2v) is 3.03. The summed E-state index contributed by atoms with van der Waals surface area (Å²) in [5.74, 6) is 0. The van der Waals surface area contributed by atoms with Crippen LogP contribution in [0.25, 0.3) is 0 Å². The van der Waals surface area contributed by atoms with Crippen LogP contribution in [0.2, 0.25) is 0 Å². The first-order valence-corrected chi connectivity index (χ1v) is 3.53. The van der Waals surface area contributed by atoms with Crippen molar-refractivity contribution in [2.24, 2.45) is 0 Å². The summed E-state index contributed by atoms with van der Waals surface area (Å²) in [6.45, 7) is -0.0264. The normalized spacial score (nSPS) is 55.3. The molecule has 4 nitrogen and oxygen atoms in total. The Bertz CT molecular complexity index is 176. The van der Waals surface area contributed by atoms with E-state index in [4.69, 9.17) is 22.4 Å². The Morgan fingerprint density at radius 3 is 2.64 bits per heavy atom. The molecule has 0 amide bonds. The Balaban J connectivity index is 2.24. The molecule has 0 aromatic rings. The fourth-order valence-corrected chi connectivity index (χ4v) is 1.61. The topological polar surface area (TPSA) is 58.9 Å². The molecule has 4 atom stereocenters. The predicted octanol–water partition coefficient (Wildman–Crippen LogP) is -2.00. The molecule has 0 unspecified atom stereocenters. The van der Waals surface area contributed by atoms with Crippen LogP contribution >= 0.6 is 0 Å². The summed E-state index contributed by atoms with van der Waals surface area (Å²) in [5.41, 5.74) is -0.954. The minimum Gasteiger partial charge on any atom is -0.393 e. The summed E-state index contributed by atoms with van der Waals surface area (Å²) in [4.78, 5) is 0. The van der Waals surface area contributed by atoms with Gasteiger partial charge >= 0.3 is 0 Å². The number of ether oxygens (including phenoxy) is 2. The Morgan fingerprint density at radius 2 is 2.36 bits per heavy atom. The third kappa shape index (κ3) is 0.795. The molecular weight excluding hydrogens is 147 g/mol. The van der Waals surface area contributed by atoms with Gasteiger partial charge in [0, 0.05) is 6.00 Å². The SMILES string of the molecule is [B][C@@H]1O[C@]2(CO)CO[C@H]1[C@H]2O. The lowest BCUT2D eigenvalue weighted by molar-refractivity contribution is -0.136. The van der Waals surface area contributed by atoms with Gasteiger partial charge in [-0.1, -0.05) is 0 Å². The van der Waals surface area contributed by atoms with Gasteiger partial charge in [-0.3, -0.25) is 0 Å². The molecule has 2 aliphatic heterocycles. The van der Waals surface area contributed by atoms with Crippen molar-refractivity contribution in [3.8, 4) is 0 Å². The van der Waals surface area contributed by atoms with E-state index in [1.165, 1.54) is 0 Å². The van der Waals surface area contributed by atoms with Crippen LogP contribution in [0.1, 0.15) is 0 Å². The zero-order valence-corrected chi connectivity index (χ0v) is 5.93. The molecule has 0 saturated carbocycles. The van der Waals surface area contributed by atoms with E-state index in [0.29, 0.717) is 0 Å². The van der Waals surface area contributed by atoms with E-state index in [2.05, 4.69) is 0 Å². The minimum atomic E-state index is -0.954. The van der Waals surface area contributed by atoms with Crippen LogP contribution in [0, 0.1) is 0 Å². The lowest BCUT2D eigenvalue weighted by Crippen LogP contribution is -2.44. The predicted molar refractivity (Wildman–Crippen MR) is 36.2 cm³/mol. The average molecular weight is 156 g/mol. The van der Waals surface area contributed by atoms with Crippen molar-refractivity contribution in [2.75, 3.05) is 13.2 Å². The third-order valence-corrected chi connectivity index (χ3v) is 2.33. The third-order valence-electron chi connectivity index (χ3n) is 2.33. The first kappa shape index (κ1) is 7.55. The van der Waals surface area contributed by atoms with Crippen LogP contribution in [0.4, 0.5) is 0 Å². The molecule has 2 aliphatic rings. The van der Waals surface area contributed by atoms with Gasteiger partial charge in [-0.25, -0.2) is 0 Å². The summed E-state index contributed by atoms with van der Waals surface area (Å²) in [6.07, 6.45) is -1.26. The lowest BCUT2D eigenvalue weighted by Gasteiger charge is -2.27. The lowest BCUT2D eigenvalue weighted by atomic mass is 9.92. The van der Waals surface area contributed by atoms with Crippen molar-refractivity contribution in [3.05, 3.63) is 0 Å². The molecule has 0 aromatic heterocycles. The molecular formula is C6H9BO4. The van der Waals surface area contributed by atoms with E-state index in [9.17, 15) is 5.11 Å². The molecule has 0 aliphatic carbocycles. The first-order chi connectivity index (χ1) is 5.19. The summed E-state index contributed by atoms with van der Waals surface area (Å²) >= 11 is 0. The maximum absolute atomic E-state index is 9.46. The smallest absolute Gasteiger partial charge is 0.142 e. The van der Waals surface area contributed by atoms with Gasteiger partial charge < -0.3 is 19.7 Å². The zero-order chi connectivity index (χ0) is 8.06. The van der Waals surface area contributed by atoms with Crippen molar-refractivity contribution in [2.45, 2.75) is 23.8 Å². The van der Waals surface area contributed by atoms with Gasteiger partial charge in [-0.05, 0) is 0 Å². The number of hydrogen-bond donors (Lipinski definition) is 2. The molecule has 2 N–H and O–H groups in total. The standard InChI is InChI=1S/C6H9BO4/c7-5-3-4(9)6(1-8,11-5)2-10-3/h3-5,8-9H,1-2H2/t3-,4+,5+,6+/m0/s1. The van der Waals surface area contributed by atoms with Gasteiger partial charge in [0.25, 0.3) is 0 Å².